The molecule has 1 unspecified atom stereocenters. The molecular weight excluding hydrogens is 271 g/mol. The van der Waals surface area contributed by atoms with Gasteiger partial charge in [0.25, 0.3) is 5.91 Å². The molecule has 2 N–H and O–H groups in total. The standard InChI is InChI=1S/C16H21FN2O2/c1-12(19(2)3)11-18-16(21)14-8-7-13(15(17)10-14)6-4-5-9-20/h7-8,10,12,20H,5,9,11H2,1-3H3,(H,18,21). The van der Waals surface area contributed by atoms with Crippen molar-refractivity contribution in [3.05, 3.63) is 35.1 Å². The molecule has 0 aliphatic rings. The minimum Gasteiger partial charge on any atom is -0.395 e. The van der Waals surface area contributed by atoms with Crippen LogP contribution in [0.5, 0.6) is 0 Å². The Labute approximate surface area is 125 Å². The van der Waals surface area contributed by atoms with Gasteiger partial charge in [0.15, 0.2) is 0 Å². The third-order valence-electron chi connectivity index (χ3n) is 3.13. The van der Waals surface area contributed by atoms with Gasteiger partial charge in [0.1, 0.15) is 5.82 Å². The van der Waals surface area contributed by atoms with Crippen LogP contribution in [0.15, 0.2) is 18.2 Å². The summed E-state index contributed by atoms with van der Waals surface area (Å²) in [7, 11) is 3.85. The van der Waals surface area contributed by atoms with Crippen LogP contribution in [0.25, 0.3) is 0 Å². The monoisotopic (exact) mass is 292 g/mol. The third-order valence-corrected chi connectivity index (χ3v) is 3.13. The van der Waals surface area contributed by atoms with Gasteiger partial charge in [-0.2, -0.15) is 0 Å². The maximum Gasteiger partial charge on any atom is 0.251 e. The van der Waals surface area contributed by atoms with Crippen LogP contribution in [0.1, 0.15) is 29.3 Å². The number of halogens is 1. The Morgan fingerprint density at radius 3 is 2.76 bits per heavy atom. The number of carbonyl (C=O) groups is 1. The van der Waals surface area contributed by atoms with E-state index in [1.165, 1.54) is 12.1 Å². The molecule has 1 aromatic rings. The molecule has 0 spiro atoms. The van der Waals surface area contributed by atoms with E-state index in [1.54, 1.807) is 6.07 Å². The molecule has 4 nitrogen and oxygen atoms in total. The van der Waals surface area contributed by atoms with Gasteiger partial charge < -0.3 is 15.3 Å². The molecule has 1 aromatic carbocycles. The van der Waals surface area contributed by atoms with Gasteiger partial charge >= 0.3 is 0 Å². The SMILES string of the molecule is CC(CNC(=O)c1ccc(C#CCCO)c(F)c1)N(C)C. The van der Waals surface area contributed by atoms with Gasteiger partial charge in [-0.25, -0.2) is 4.39 Å². The zero-order chi connectivity index (χ0) is 15.8. The second-order valence-electron chi connectivity index (χ2n) is 4.99. The molecule has 0 saturated carbocycles. The maximum atomic E-state index is 13.8. The Kier molecular flexibility index (Phi) is 6.86. The summed E-state index contributed by atoms with van der Waals surface area (Å²) in [5.74, 6) is 4.43. The van der Waals surface area contributed by atoms with Gasteiger partial charge in [0.2, 0.25) is 0 Å². The van der Waals surface area contributed by atoms with Crippen molar-refractivity contribution in [2.75, 3.05) is 27.2 Å². The van der Waals surface area contributed by atoms with Crippen molar-refractivity contribution in [3.8, 4) is 11.8 Å². The Balaban J connectivity index is 2.71. The zero-order valence-electron chi connectivity index (χ0n) is 12.6. The lowest BCUT2D eigenvalue weighted by Gasteiger charge is -2.19. The largest absolute Gasteiger partial charge is 0.395 e. The minimum atomic E-state index is -0.534. The fourth-order valence-electron chi connectivity index (χ4n) is 1.50. The van der Waals surface area contributed by atoms with Crippen molar-refractivity contribution in [2.24, 2.45) is 0 Å². The molecule has 1 rings (SSSR count). The minimum absolute atomic E-state index is 0.0564. The fourth-order valence-corrected chi connectivity index (χ4v) is 1.50. The van der Waals surface area contributed by atoms with E-state index in [-0.39, 0.29) is 29.7 Å². The summed E-state index contributed by atoms with van der Waals surface area (Å²) in [4.78, 5) is 13.9. The van der Waals surface area contributed by atoms with Gasteiger partial charge in [-0.3, -0.25) is 4.79 Å². The molecule has 0 aliphatic heterocycles. The first kappa shape index (κ1) is 17.2. The number of likely N-dealkylation sites (N-methyl/N-ethyl adjacent to an activating group) is 1. The van der Waals surface area contributed by atoms with Crippen LogP contribution in [0.4, 0.5) is 4.39 Å². The van der Waals surface area contributed by atoms with Gasteiger partial charge in [-0.05, 0) is 39.2 Å². The number of nitrogens with zero attached hydrogens (tertiary/aromatic N) is 1. The van der Waals surface area contributed by atoms with E-state index < -0.39 is 5.82 Å². The van der Waals surface area contributed by atoms with Crippen molar-refractivity contribution >= 4 is 5.91 Å². The van der Waals surface area contributed by atoms with E-state index in [0.29, 0.717) is 13.0 Å². The first-order chi connectivity index (χ1) is 9.95. The molecule has 21 heavy (non-hydrogen) atoms. The van der Waals surface area contributed by atoms with Crippen LogP contribution in [0.3, 0.4) is 0 Å². The fraction of sp³-hybridized carbons (Fsp3) is 0.438. The average molecular weight is 292 g/mol. The molecule has 5 heteroatoms. The van der Waals surface area contributed by atoms with Crippen LogP contribution in [0.2, 0.25) is 0 Å². The zero-order valence-corrected chi connectivity index (χ0v) is 12.6. The molecule has 0 fully saturated rings. The summed E-state index contributed by atoms with van der Waals surface area (Å²) in [5, 5.41) is 11.4. The summed E-state index contributed by atoms with van der Waals surface area (Å²) in [6.45, 7) is 2.42. The lowest BCUT2D eigenvalue weighted by Crippen LogP contribution is -2.38. The highest BCUT2D eigenvalue weighted by atomic mass is 19.1. The van der Waals surface area contributed by atoms with Crippen LogP contribution in [-0.2, 0) is 0 Å². The second kappa shape index (κ2) is 8.40. The number of hydrogen-bond donors (Lipinski definition) is 2. The molecule has 1 amide bonds. The van der Waals surface area contributed by atoms with Crippen molar-refractivity contribution < 1.29 is 14.3 Å². The molecule has 1 atom stereocenters. The first-order valence-corrected chi connectivity index (χ1v) is 6.79. The normalized spacial score (nSPS) is 11.7. The molecule has 0 heterocycles. The number of rotatable bonds is 5. The summed E-state index contributed by atoms with van der Waals surface area (Å²) in [5.41, 5.74) is 0.493. The van der Waals surface area contributed by atoms with Gasteiger partial charge in [0, 0.05) is 24.6 Å². The number of carbonyl (C=O) groups excluding carboxylic acids is 1. The quantitative estimate of drug-likeness (QED) is 0.803. The van der Waals surface area contributed by atoms with E-state index in [4.69, 9.17) is 5.11 Å². The van der Waals surface area contributed by atoms with Crippen LogP contribution >= 0.6 is 0 Å². The lowest BCUT2D eigenvalue weighted by molar-refractivity contribution is 0.0943. The molecule has 114 valence electrons. The van der Waals surface area contributed by atoms with Gasteiger partial charge in [-0.15, -0.1) is 0 Å². The van der Waals surface area contributed by atoms with Crippen molar-refractivity contribution in [1.82, 2.24) is 10.2 Å². The number of aliphatic hydroxyl groups excluding tert-OH is 1. The van der Waals surface area contributed by atoms with E-state index in [1.807, 2.05) is 25.9 Å². The Bertz CT molecular complexity index is 547. The van der Waals surface area contributed by atoms with Crippen molar-refractivity contribution in [3.63, 3.8) is 0 Å². The van der Waals surface area contributed by atoms with Crippen LogP contribution in [0, 0.1) is 17.7 Å². The Morgan fingerprint density at radius 2 is 2.19 bits per heavy atom. The smallest absolute Gasteiger partial charge is 0.251 e. The van der Waals surface area contributed by atoms with E-state index in [0.717, 1.165) is 0 Å². The second-order valence-corrected chi connectivity index (χ2v) is 4.99. The highest BCUT2D eigenvalue weighted by molar-refractivity contribution is 5.94. The van der Waals surface area contributed by atoms with E-state index in [9.17, 15) is 9.18 Å². The first-order valence-electron chi connectivity index (χ1n) is 6.79. The number of amides is 1. The van der Waals surface area contributed by atoms with Gasteiger partial charge in [-0.1, -0.05) is 11.8 Å². The number of benzene rings is 1. The molecule has 0 aromatic heterocycles. The van der Waals surface area contributed by atoms with Crippen molar-refractivity contribution in [2.45, 2.75) is 19.4 Å². The van der Waals surface area contributed by atoms with Crippen LogP contribution < -0.4 is 5.32 Å². The molecule has 0 aliphatic carbocycles. The highest BCUT2D eigenvalue weighted by Crippen LogP contribution is 2.09. The lowest BCUT2D eigenvalue weighted by atomic mass is 10.1. The summed E-state index contributed by atoms with van der Waals surface area (Å²) < 4.78 is 13.8. The third kappa shape index (κ3) is 5.54. The predicted molar refractivity (Wildman–Crippen MR) is 80.5 cm³/mol. The number of aliphatic hydroxyl groups is 1. The summed E-state index contributed by atoms with van der Waals surface area (Å²) >= 11 is 0. The van der Waals surface area contributed by atoms with Crippen LogP contribution in [-0.4, -0.2) is 49.2 Å². The Morgan fingerprint density at radius 1 is 1.48 bits per heavy atom. The maximum absolute atomic E-state index is 13.8. The summed E-state index contributed by atoms with van der Waals surface area (Å²) in [6.07, 6.45) is 0.296. The molecule has 0 radical (unpaired) electrons. The summed E-state index contributed by atoms with van der Waals surface area (Å²) in [6, 6.07) is 4.40. The predicted octanol–water partition coefficient (Wildman–Crippen LogP) is 1.24. The average Bonchev–Trinajstić information content (AvgIpc) is 2.46. The molecular formula is C16H21FN2O2. The Hall–Kier alpha value is -1.90. The number of hydrogen-bond acceptors (Lipinski definition) is 3. The number of nitrogens with one attached hydrogen (secondary N) is 1. The molecule has 0 saturated heterocycles. The van der Waals surface area contributed by atoms with Crippen molar-refractivity contribution in [1.29, 1.82) is 0 Å². The van der Waals surface area contributed by atoms with E-state index >= 15 is 0 Å². The highest BCUT2D eigenvalue weighted by Gasteiger charge is 2.11. The molecule has 0 bridgehead atoms. The van der Waals surface area contributed by atoms with E-state index in [2.05, 4.69) is 17.2 Å². The topological polar surface area (TPSA) is 52.6 Å². The van der Waals surface area contributed by atoms with Gasteiger partial charge in [0.05, 0.1) is 12.2 Å².